The number of carbonyl (C=O) groups is 1. The van der Waals surface area contributed by atoms with Gasteiger partial charge in [0.15, 0.2) is 5.76 Å². The first-order valence-corrected chi connectivity index (χ1v) is 6.98. The van der Waals surface area contributed by atoms with Gasteiger partial charge >= 0.3 is 5.88 Å². The van der Waals surface area contributed by atoms with Gasteiger partial charge in [-0.1, -0.05) is 23.7 Å². The number of aryl methyl sites for hydroxylation is 1. The van der Waals surface area contributed by atoms with Crippen molar-refractivity contribution in [3.8, 4) is 0 Å². The number of ketones is 1. The van der Waals surface area contributed by atoms with Gasteiger partial charge in [-0.2, -0.15) is 0 Å². The summed E-state index contributed by atoms with van der Waals surface area (Å²) in [6.45, 7) is 1.90. The van der Waals surface area contributed by atoms with Gasteiger partial charge < -0.3 is 4.42 Å². The van der Waals surface area contributed by atoms with Crippen LogP contribution in [0.15, 0.2) is 39.2 Å². The summed E-state index contributed by atoms with van der Waals surface area (Å²) >= 11 is 9.22. The van der Waals surface area contributed by atoms with E-state index in [9.17, 15) is 14.9 Å². The quantitative estimate of drug-likeness (QED) is 0.336. The summed E-state index contributed by atoms with van der Waals surface area (Å²) < 4.78 is 5.05. The predicted molar refractivity (Wildman–Crippen MR) is 82.8 cm³/mol. The molecule has 0 bridgehead atoms. The Kier molecular flexibility index (Phi) is 4.59. The van der Waals surface area contributed by atoms with E-state index in [0.717, 1.165) is 11.6 Å². The SMILES string of the molecule is Cc1ccc(/C=C(/Br)C(=O)c2ccc([N+](=O)[O-])o2)c(Cl)c1. The molecular formula is C14H9BrClNO4. The molecule has 0 atom stereocenters. The number of allylic oxidation sites excluding steroid dienone is 1. The molecule has 0 fully saturated rings. The Balaban J connectivity index is 2.29. The molecule has 0 aliphatic rings. The number of nitrogens with zero attached hydrogens (tertiary/aromatic N) is 1. The zero-order valence-electron chi connectivity index (χ0n) is 10.8. The van der Waals surface area contributed by atoms with Gasteiger partial charge in [0.2, 0.25) is 5.78 Å². The number of hydrogen-bond acceptors (Lipinski definition) is 4. The zero-order chi connectivity index (χ0) is 15.6. The van der Waals surface area contributed by atoms with E-state index in [1.807, 2.05) is 13.0 Å². The van der Waals surface area contributed by atoms with Gasteiger partial charge in [-0.3, -0.25) is 14.9 Å². The molecule has 1 heterocycles. The van der Waals surface area contributed by atoms with E-state index in [4.69, 9.17) is 16.0 Å². The monoisotopic (exact) mass is 369 g/mol. The third-order valence-corrected chi connectivity index (χ3v) is 3.57. The van der Waals surface area contributed by atoms with E-state index in [1.165, 1.54) is 6.07 Å². The third kappa shape index (κ3) is 3.59. The lowest BCUT2D eigenvalue weighted by atomic mass is 10.1. The molecule has 0 spiro atoms. The third-order valence-electron chi connectivity index (χ3n) is 2.65. The Hall–Kier alpha value is -1.92. The molecule has 1 aromatic heterocycles. The Morgan fingerprint density at radius 3 is 2.67 bits per heavy atom. The summed E-state index contributed by atoms with van der Waals surface area (Å²) in [5.74, 6) is -1.10. The van der Waals surface area contributed by atoms with Crippen LogP contribution in [0.3, 0.4) is 0 Å². The molecule has 0 aliphatic heterocycles. The predicted octanol–water partition coefficient (Wildman–Crippen LogP) is 4.77. The largest absolute Gasteiger partial charge is 0.433 e. The van der Waals surface area contributed by atoms with Crippen molar-refractivity contribution < 1.29 is 14.1 Å². The van der Waals surface area contributed by atoms with Crippen molar-refractivity contribution >= 4 is 45.3 Å². The van der Waals surface area contributed by atoms with Gasteiger partial charge in [-0.05, 0) is 52.2 Å². The van der Waals surface area contributed by atoms with Crippen molar-refractivity contribution in [1.82, 2.24) is 0 Å². The minimum absolute atomic E-state index is 0.118. The number of rotatable bonds is 4. The highest BCUT2D eigenvalue weighted by Gasteiger charge is 2.19. The number of halogens is 2. The Bertz CT molecular complexity index is 751. The normalized spacial score (nSPS) is 11.5. The first kappa shape index (κ1) is 15.5. The van der Waals surface area contributed by atoms with Gasteiger partial charge in [0.05, 0.1) is 10.5 Å². The number of furan rings is 1. The minimum atomic E-state index is -0.703. The summed E-state index contributed by atoms with van der Waals surface area (Å²) in [6.07, 6.45) is 1.54. The molecule has 0 saturated heterocycles. The molecule has 0 saturated carbocycles. The van der Waals surface area contributed by atoms with Gasteiger partial charge in [0.1, 0.15) is 4.92 Å². The Morgan fingerprint density at radius 2 is 2.10 bits per heavy atom. The summed E-state index contributed by atoms with van der Waals surface area (Å²) in [5.41, 5.74) is 1.66. The molecule has 1 aromatic carbocycles. The highest BCUT2D eigenvalue weighted by molar-refractivity contribution is 9.12. The molecule has 2 aromatic rings. The van der Waals surface area contributed by atoms with Crippen molar-refractivity contribution in [2.24, 2.45) is 0 Å². The number of hydrogen-bond donors (Lipinski definition) is 0. The fourth-order valence-electron chi connectivity index (χ4n) is 1.62. The lowest BCUT2D eigenvalue weighted by Gasteiger charge is -2.01. The second kappa shape index (κ2) is 6.24. The van der Waals surface area contributed by atoms with Crippen molar-refractivity contribution in [2.75, 3.05) is 0 Å². The van der Waals surface area contributed by atoms with Crippen LogP contribution in [0.1, 0.15) is 21.7 Å². The van der Waals surface area contributed by atoms with E-state index in [0.29, 0.717) is 10.6 Å². The van der Waals surface area contributed by atoms with E-state index in [2.05, 4.69) is 15.9 Å². The van der Waals surface area contributed by atoms with Gasteiger partial charge in [0.25, 0.3) is 0 Å². The summed E-state index contributed by atoms with van der Waals surface area (Å²) in [4.78, 5) is 21.9. The maximum absolute atomic E-state index is 12.1. The van der Waals surface area contributed by atoms with Crippen LogP contribution in [0, 0.1) is 17.0 Å². The van der Waals surface area contributed by atoms with Gasteiger partial charge in [-0.25, -0.2) is 0 Å². The average Bonchev–Trinajstić information content (AvgIpc) is 2.90. The molecule has 21 heavy (non-hydrogen) atoms. The molecule has 0 N–H and O–H groups in total. The number of carbonyl (C=O) groups excluding carboxylic acids is 1. The van der Waals surface area contributed by atoms with E-state index in [1.54, 1.807) is 18.2 Å². The van der Waals surface area contributed by atoms with E-state index in [-0.39, 0.29) is 10.2 Å². The van der Waals surface area contributed by atoms with Crippen molar-refractivity contribution in [1.29, 1.82) is 0 Å². The number of nitro groups is 1. The summed E-state index contributed by atoms with van der Waals surface area (Å²) in [5, 5.41) is 11.0. The van der Waals surface area contributed by atoms with Crippen LogP contribution in [-0.2, 0) is 0 Å². The molecule has 108 valence electrons. The summed E-state index contributed by atoms with van der Waals surface area (Å²) in [6, 6.07) is 7.80. The Morgan fingerprint density at radius 1 is 1.38 bits per heavy atom. The van der Waals surface area contributed by atoms with Gasteiger partial charge in [0, 0.05) is 5.02 Å². The van der Waals surface area contributed by atoms with Crippen LogP contribution in [-0.4, -0.2) is 10.7 Å². The van der Waals surface area contributed by atoms with Crippen molar-refractivity contribution in [3.63, 3.8) is 0 Å². The van der Waals surface area contributed by atoms with Crippen LogP contribution in [0.2, 0.25) is 5.02 Å². The highest BCUT2D eigenvalue weighted by Crippen LogP contribution is 2.25. The Labute approximate surface area is 133 Å². The molecule has 0 radical (unpaired) electrons. The second-order valence-electron chi connectivity index (χ2n) is 4.24. The molecule has 7 heteroatoms. The fourth-order valence-corrected chi connectivity index (χ4v) is 2.35. The lowest BCUT2D eigenvalue weighted by Crippen LogP contribution is -1.96. The second-order valence-corrected chi connectivity index (χ2v) is 5.50. The summed E-state index contributed by atoms with van der Waals surface area (Å²) in [7, 11) is 0. The van der Waals surface area contributed by atoms with Crippen LogP contribution in [0.4, 0.5) is 5.88 Å². The molecule has 0 unspecified atom stereocenters. The fraction of sp³-hybridized carbons (Fsp3) is 0.0714. The van der Waals surface area contributed by atoms with E-state index < -0.39 is 16.6 Å². The average molecular weight is 371 g/mol. The van der Waals surface area contributed by atoms with Crippen LogP contribution < -0.4 is 0 Å². The van der Waals surface area contributed by atoms with Crippen LogP contribution in [0.5, 0.6) is 0 Å². The number of benzene rings is 1. The molecule has 0 amide bonds. The van der Waals surface area contributed by atoms with Crippen molar-refractivity contribution in [2.45, 2.75) is 6.92 Å². The van der Waals surface area contributed by atoms with Crippen LogP contribution in [0.25, 0.3) is 6.08 Å². The molecule has 0 aliphatic carbocycles. The molecule has 5 nitrogen and oxygen atoms in total. The highest BCUT2D eigenvalue weighted by atomic mass is 79.9. The topological polar surface area (TPSA) is 73.3 Å². The van der Waals surface area contributed by atoms with Gasteiger partial charge in [-0.15, -0.1) is 0 Å². The first-order chi connectivity index (χ1) is 9.88. The van der Waals surface area contributed by atoms with Crippen molar-refractivity contribution in [3.05, 3.63) is 66.8 Å². The standard InChI is InChI=1S/C14H9BrClNO4/c1-8-2-3-9(11(16)6-8)7-10(15)14(18)12-4-5-13(21-12)17(19)20/h2-7H,1H3/b10-7+. The maximum atomic E-state index is 12.1. The number of Topliss-reactive ketones (excluding diaryl/α,β-unsaturated/α-hetero) is 1. The lowest BCUT2D eigenvalue weighted by molar-refractivity contribution is -0.402. The first-order valence-electron chi connectivity index (χ1n) is 5.81. The molecule has 2 rings (SSSR count). The van der Waals surface area contributed by atoms with Crippen LogP contribution >= 0.6 is 27.5 Å². The smallest absolute Gasteiger partial charge is 0.397 e. The molecular weight excluding hydrogens is 362 g/mol. The zero-order valence-corrected chi connectivity index (χ0v) is 13.1. The minimum Gasteiger partial charge on any atom is -0.397 e. The van der Waals surface area contributed by atoms with E-state index >= 15 is 0 Å². The maximum Gasteiger partial charge on any atom is 0.433 e.